The number of fused-ring (bicyclic) bond motifs is 1. The minimum absolute atomic E-state index is 0.174. The normalized spacial score (nSPS) is 14.3. The smallest absolute Gasteiger partial charge is 0.315 e. The van der Waals surface area contributed by atoms with Crippen LogP contribution < -0.4 is 20.1 Å². The van der Waals surface area contributed by atoms with Crippen LogP contribution >= 0.6 is 0 Å². The first-order valence-electron chi connectivity index (χ1n) is 9.63. The largest absolute Gasteiger partial charge is 0.490 e. The summed E-state index contributed by atoms with van der Waals surface area (Å²) in [5, 5.41) is 5.88. The SMILES string of the molecule is Cc1cc(CNC(=O)N[C@H](c2ccc3c(c2)OCCCO3)C(C)C)ccc1F. The van der Waals surface area contributed by atoms with Crippen LogP contribution in [0.15, 0.2) is 36.4 Å². The van der Waals surface area contributed by atoms with Crippen molar-refractivity contribution in [3.63, 3.8) is 0 Å². The molecule has 0 aromatic heterocycles. The van der Waals surface area contributed by atoms with E-state index in [9.17, 15) is 9.18 Å². The molecule has 5 nitrogen and oxygen atoms in total. The zero-order valence-electron chi connectivity index (χ0n) is 16.5. The first kappa shape index (κ1) is 20.0. The van der Waals surface area contributed by atoms with Crippen LogP contribution in [0, 0.1) is 18.7 Å². The lowest BCUT2D eigenvalue weighted by Gasteiger charge is -2.24. The Bertz CT molecular complexity index is 839. The highest BCUT2D eigenvalue weighted by atomic mass is 19.1. The third kappa shape index (κ3) is 4.94. The summed E-state index contributed by atoms with van der Waals surface area (Å²) >= 11 is 0. The average molecular weight is 386 g/mol. The Labute approximate surface area is 165 Å². The highest BCUT2D eigenvalue weighted by molar-refractivity contribution is 5.74. The van der Waals surface area contributed by atoms with Gasteiger partial charge in [0.2, 0.25) is 0 Å². The van der Waals surface area contributed by atoms with Gasteiger partial charge in [0, 0.05) is 13.0 Å². The fourth-order valence-electron chi connectivity index (χ4n) is 3.20. The Morgan fingerprint density at radius 3 is 2.57 bits per heavy atom. The summed E-state index contributed by atoms with van der Waals surface area (Å²) in [6.07, 6.45) is 0.848. The predicted octanol–water partition coefficient (Wildman–Crippen LogP) is 4.49. The van der Waals surface area contributed by atoms with Crippen molar-refractivity contribution in [2.45, 2.75) is 39.8 Å². The molecule has 150 valence electrons. The minimum atomic E-state index is -0.271. The molecular formula is C22H27FN2O3. The maximum atomic E-state index is 13.4. The molecule has 2 amide bonds. The molecule has 0 saturated carbocycles. The van der Waals surface area contributed by atoms with Gasteiger partial charge in [0.1, 0.15) is 5.82 Å². The minimum Gasteiger partial charge on any atom is -0.490 e. The van der Waals surface area contributed by atoms with E-state index in [2.05, 4.69) is 24.5 Å². The summed E-state index contributed by atoms with van der Waals surface area (Å²) in [6.45, 7) is 7.41. The molecule has 2 aromatic carbocycles. The van der Waals surface area contributed by atoms with Gasteiger partial charge in [-0.05, 0) is 47.7 Å². The van der Waals surface area contributed by atoms with E-state index < -0.39 is 0 Å². The van der Waals surface area contributed by atoms with Crippen LogP contribution in [0.5, 0.6) is 11.5 Å². The number of nitrogens with one attached hydrogen (secondary N) is 2. The summed E-state index contributed by atoms with van der Waals surface area (Å²) < 4.78 is 24.8. The van der Waals surface area contributed by atoms with E-state index in [-0.39, 0.29) is 23.8 Å². The van der Waals surface area contributed by atoms with Crippen molar-refractivity contribution in [1.29, 1.82) is 0 Å². The van der Waals surface area contributed by atoms with Crippen molar-refractivity contribution >= 4 is 6.03 Å². The number of aryl methyl sites for hydroxylation is 1. The maximum Gasteiger partial charge on any atom is 0.315 e. The molecule has 1 heterocycles. The molecule has 6 heteroatoms. The number of carbonyl (C=O) groups is 1. The second-order valence-corrected chi connectivity index (χ2v) is 7.39. The zero-order chi connectivity index (χ0) is 20.1. The fourth-order valence-corrected chi connectivity index (χ4v) is 3.20. The second kappa shape index (κ2) is 8.95. The molecule has 28 heavy (non-hydrogen) atoms. The Hall–Kier alpha value is -2.76. The van der Waals surface area contributed by atoms with Crippen LogP contribution in [-0.4, -0.2) is 19.2 Å². The van der Waals surface area contributed by atoms with Crippen LogP contribution in [0.1, 0.15) is 43.0 Å². The number of carbonyl (C=O) groups excluding carboxylic acids is 1. The van der Waals surface area contributed by atoms with Gasteiger partial charge < -0.3 is 20.1 Å². The van der Waals surface area contributed by atoms with Gasteiger partial charge in [-0.15, -0.1) is 0 Å². The summed E-state index contributed by atoms with van der Waals surface area (Å²) in [4.78, 5) is 12.4. The molecule has 2 aromatic rings. The number of hydrogen-bond acceptors (Lipinski definition) is 3. The Balaban J connectivity index is 1.66. The zero-order valence-corrected chi connectivity index (χ0v) is 16.5. The first-order chi connectivity index (χ1) is 13.4. The molecule has 0 spiro atoms. The summed E-state index contributed by atoms with van der Waals surface area (Å²) in [7, 11) is 0. The lowest BCUT2D eigenvalue weighted by atomic mass is 9.96. The molecule has 3 rings (SSSR count). The molecule has 0 bridgehead atoms. The molecule has 0 radical (unpaired) electrons. The van der Waals surface area contributed by atoms with Gasteiger partial charge in [-0.25, -0.2) is 9.18 Å². The van der Waals surface area contributed by atoms with E-state index >= 15 is 0 Å². The average Bonchev–Trinajstić information content (AvgIpc) is 2.91. The summed E-state index contributed by atoms with van der Waals surface area (Å²) in [5.41, 5.74) is 2.38. The second-order valence-electron chi connectivity index (χ2n) is 7.39. The van der Waals surface area contributed by atoms with E-state index in [1.165, 1.54) is 6.07 Å². The van der Waals surface area contributed by atoms with E-state index in [4.69, 9.17) is 9.47 Å². The van der Waals surface area contributed by atoms with Crippen LogP contribution in [0.2, 0.25) is 0 Å². The maximum absolute atomic E-state index is 13.4. The van der Waals surface area contributed by atoms with Crippen molar-refractivity contribution < 1.29 is 18.7 Å². The lowest BCUT2D eigenvalue weighted by Crippen LogP contribution is -2.39. The molecule has 1 aliphatic heterocycles. The van der Waals surface area contributed by atoms with Gasteiger partial charge in [0.15, 0.2) is 11.5 Å². The molecule has 0 saturated heterocycles. The predicted molar refractivity (Wildman–Crippen MR) is 106 cm³/mol. The molecule has 0 unspecified atom stereocenters. The highest BCUT2D eigenvalue weighted by Crippen LogP contribution is 2.34. The molecular weight excluding hydrogens is 359 g/mol. The van der Waals surface area contributed by atoms with Gasteiger partial charge in [0.25, 0.3) is 0 Å². The van der Waals surface area contributed by atoms with Crippen molar-refractivity contribution in [2.75, 3.05) is 13.2 Å². The Morgan fingerprint density at radius 1 is 1.11 bits per heavy atom. The van der Waals surface area contributed by atoms with E-state index in [0.29, 0.717) is 31.1 Å². The molecule has 0 fully saturated rings. The number of ether oxygens (including phenoxy) is 2. The third-order valence-corrected chi connectivity index (χ3v) is 4.76. The Kier molecular flexibility index (Phi) is 6.39. The van der Waals surface area contributed by atoms with Crippen LogP contribution in [0.25, 0.3) is 0 Å². The number of benzene rings is 2. The van der Waals surface area contributed by atoms with Gasteiger partial charge >= 0.3 is 6.03 Å². The standard InChI is InChI=1S/C22H27FN2O3/c1-14(2)21(17-6-8-19-20(12-17)28-10-4-9-27-19)25-22(26)24-13-16-5-7-18(23)15(3)11-16/h5-8,11-12,14,21H,4,9-10,13H2,1-3H3,(H2,24,25,26)/t21-/m0/s1. The van der Waals surface area contributed by atoms with E-state index in [1.54, 1.807) is 19.1 Å². The van der Waals surface area contributed by atoms with Gasteiger partial charge in [-0.3, -0.25) is 0 Å². The quantitative estimate of drug-likeness (QED) is 0.796. The van der Waals surface area contributed by atoms with Gasteiger partial charge in [-0.1, -0.05) is 32.0 Å². The number of halogens is 1. The van der Waals surface area contributed by atoms with E-state index in [1.807, 2.05) is 18.2 Å². The summed E-state index contributed by atoms with van der Waals surface area (Å²) in [6, 6.07) is 10.2. The number of urea groups is 1. The lowest BCUT2D eigenvalue weighted by molar-refractivity contribution is 0.232. The topological polar surface area (TPSA) is 59.6 Å². The Morgan fingerprint density at radius 2 is 1.86 bits per heavy atom. The molecule has 1 aliphatic rings. The van der Waals surface area contributed by atoms with Crippen molar-refractivity contribution in [3.05, 3.63) is 58.9 Å². The fraction of sp³-hybridized carbons (Fsp3) is 0.409. The van der Waals surface area contributed by atoms with Gasteiger partial charge in [0.05, 0.1) is 19.3 Å². The number of hydrogen-bond donors (Lipinski definition) is 2. The highest BCUT2D eigenvalue weighted by Gasteiger charge is 2.21. The molecule has 1 atom stereocenters. The monoisotopic (exact) mass is 386 g/mol. The first-order valence-corrected chi connectivity index (χ1v) is 9.63. The van der Waals surface area contributed by atoms with Crippen molar-refractivity contribution in [2.24, 2.45) is 5.92 Å². The molecule has 2 N–H and O–H groups in total. The summed E-state index contributed by atoms with van der Waals surface area (Å²) in [5.74, 6) is 1.38. The third-order valence-electron chi connectivity index (χ3n) is 4.76. The van der Waals surface area contributed by atoms with Crippen LogP contribution in [0.3, 0.4) is 0 Å². The van der Waals surface area contributed by atoms with Crippen molar-refractivity contribution in [3.8, 4) is 11.5 Å². The van der Waals surface area contributed by atoms with E-state index in [0.717, 1.165) is 23.3 Å². The van der Waals surface area contributed by atoms with Crippen LogP contribution in [-0.2, 0) is 6.54 Å². The van der Waals surface area contributed by atoms with Gasteiger partial charge in [-0.2, -0.15) is 0 Å². The molecule has 0 aliphatic carbocycles. The van der Waals surface area contributed by atoms with Crippen LogP contribution in [0.4, 0.5) is 9.18 Å². The number of amides is 2. The van der Waals surface area contributed by atoms with Crippen molar-refractivity contribution in [1.82, 2.24) is 10.6 Å². The number of rotatable bonds is 5.